The predicted octanol–water partition coefficient (Wildman–Crippen LogP) is 2.22. The summed E-state index contributed by atoms with van der Waals surface area (Å²) in [6.07, 6.45) is 3.50. The fourth-order valence-corrected chi connectivity index (χ4v) is 2.82. The van der Waals surface area contributed by atoms with Gasteiger partial charge < -0.3 is 9.80 Å². The molecule has 0 unspecified atom stereocenters. The van der Waals surface area contributed by atoms with Crippen LogP contribution in [0.1, 0.15) is 18.1 Å². The minimum Gasteiger partial charge on any atom is -0.372 e. The quantitative estimate of drug-likeness (QED) is 0.766. The predicted molar refractivity (Wildman–Crippen MR) is 71.8 cm³/mol. The second kappa shape index (κ2) is 4.53. The van der Waals surface area contributed by atoms with Crippen molar-refractivity contribution in [2.24, 2.45) is 0 Å². The molecule has 17 heavy (non-hydrogen) atoms. The van der Waals surface area contributed by atoms with E-state index in [0.717, 1.165) is 6.42 Å². The van der Waals surface area contributed by atoms with Gasteiger partial charge in [0.05, 0.1) is 0 Å². The molecule has 0 amide bonds. The lowest BCUT2D eigenvalue weighted by molar-refractivity contribution is 0.164. The van der Waals surface area contributed by atoms with Crippen molar-refractivity contribution in [2.45, 2.75) is 13.3 Å². The van der Waals surface area contributed by atoms with E-state index in [2.05, 4.69) is 47.1 Å². The van der Waals surface area contributed by atoms with Crippen molar-refractivity contribution in [3.63, 3.8) is 0 Å². The van der Waals surface area contributed by atoms with Gasteiger partial charge in [-0.1, -0.05) is 31.2 Å². The summed E-state index contributed by atoms with van der Waals surface area (Å²) in [5.74, 6) is 0. The number of rotatable bonds is 2. The highest BCUT2D eigenvalue weighted by Crippen LogP contribution is 2.27. The van der Waals surface area contributed by atoms with E-state index in [1.54, 1.807) is 0 Å². The molecule has 2 aliphatic rings. The third-order valence-corrected chi connectivity index (χ3v) is 3.97. The SMILES string of the molecule is CCN1CCN(C2=Cc3ccccc3C2)CC1. The first kappa shape index (κ1) is 10.8. The molecule has 1 aromatic carbocycles. The monoisotopic (exact) mass is 228 g/mol. The maximum atomic E-state index is 2.56. The van der Waals surface area contributed by atoms with Crippen LogP contribution >= 0.6 is 0 Å². The Morgan fingerprint density at radius 2 is 1.82 bits per heavy atom. The number of benzene rings is 1. The Hall–Kier alpha value is -1.28. The number of hydrogen-bond donors (Lipinski definition) is 0. The van der Waals surface area contributed by atoms with Crippen LogP contribution in [0.25, 0.3) is 6.08 Å². The molecular weight excluding hydrogens is 208 g/mol. The summed E-state index contributed by atoms with van der Waals surface area (Å²) in [6.45, 7) is 8.24. The summed E-state index contributed by atoms with van der Waals surface area (Å²) in [6, 6.07) is 8.75. The molecule has 1 aromatic rings. The van der Waals surface area contributed by atoms with Crippen LogP contribution in [-0.2, 0) is 6.42 Å². The molecule has 0 N–H and O–H groups in total. The Morgan fingerprint density at radius 3 is 2.53 bits per heavy atom. The van der Waals surface area contributed by atoms with Crippen LogP contribution in [0.2, 0.25) is 0 Å². The number of hydrogen-bond acceptors (Lipinski definition) is 2. The van der Waals surface area contributed by atoms with Gasteiger partial charge in [-0.05, 0) is 23.7 Å². The van der Waals surface area contributed by atoms with Crippen molar-refractivity contribution in [3.05, 3.63) is 41.1 Å². The van der Waals surface area contributed by atoms with Gasteiger partial charge in [-0.3, -0.25) is 0 Å². The van der Waals surface area contributed by atoms with Gasteiger partial charge in [0.2, 0.25) is 0 Å². The minimum atomic E-state index is 1.13. The van der Waals surface area contributed by atoms with Crippen molar-refractivity contribution in [1.29, 1.82) is 0 Å². The van der Waals surface area contributed by atoms with Gasteiger partial charge in [0, 0.05) is 38.3 Å². The summed E-state index contributed by atoms with van der Waals surface area (Å²) in [5.41, 5.74) is 4.42. The lowest BCUT2D eigenvalue weighted by Crippen LogP contribution is -2.45. The molecule has 1 fully saturated rings. The Labute approximate surface area is 104 Å². The summed E-state index contributed by atoms with van der Waals surface area (Å²) < 4.78 is 0. The molecule has 2 nitrogen and oxygen atoms in total. The third kappa shape index (κ3) is 2.09. The molecule has 0 saturated carbocycles. The lowest BCUT2D eigenvalue weighted by Gasteiger charge is -2.36. The number of nitrogens with zero attached hydrogens (tertiary/aromatic N) is 2. The van der Waals surface area contributed by atoms with Crippen molar-refractivity contribution in [2.75, 3.05) is 32.7 Å². The normalized spacial score (nSPS) is 20.3. The zero-order valence-electron chi connectivity index (χ0n) is 10.5. The molecule has 90 valence electrons. The van der Waals surface area contributed by atoms with Crippen molar-refractivity contribution in [1.82, 2.24) is 9.80 Å². The highest BCUT2D eigenvalue weighted by molar-refractivity contribution is 5.63. The Bertz CT molecular complexity index is 428. The van der Waals surface area contributed by atoms with E-state index in [-0.39, 0.29) is 0 Å². The van der Waals surface area contributed by atoms with Crippen LogP contribution in [0.3, 0.4) is 0 Å². The maximum Gasteiger partial charge on any atom is 0.0303 e. The average Bonchev–Trinajstić information content (AvgIpc) is 2.82. The Kier molecular flexibility index (Phi) is 2.89. The second-order valence-electron chi connectivity index (χ2n) is 4.93. The molecule has 0 spiro atoms. The summed E-state index contributed by atoms with van der Waals surface area (Å²) >= 11 is 0. The molecular formula is C15H20N2. The van der Waals surface area contributed by atoms with E-state index in [4.69, 9.17) is 0 Å². The minimum absolute atomic E-state index is 1.13. The zero-order chi connectivity index (χ0) is 11.7. The first-order valence-corrected chi connectivity index (χ1v) is 6.62. The van der Waals surface area contributed by atoms with Crippen LogP contribution < -0.4 is 0 Å². The highest BCUT2D eigenvalue weighted by atomic mass is 15.3. The van der Waals surface area contributed by atoms with Crippen molar-refractivity contribution < 1.29 is 0 Å². The van der Waals surface area contributed by atoms with Crippen molar-refractivity contribution in [3.8, 4) is 0 Å². The molecule has 0 radical (unpaired) electrons. The summed E-state index contributed by atoms with van der Waals surface area (Å²) in [5, 5.41) is 0. The van der Waals surface area contributed by atoms with Gasteiger partial charge >= 0.3 is 0 Å². The Morgan fingerprint density at radius 1 is 1.06 bits per heavy atom. The van der Waals surface area contributed by atoms with Gasteiger partial charge in [0.15, 0.2) is 0 Å². The molecule has 0 aromatic heterocycles. The summed E-state index contributed by atoms with van der Waals surface area (Å²) in [4.78, 5) is 5.09. The van der Waals surface area contributed by atoms with E-state index in [0.29, 0.717) is 0 Å². The number of likely N-dealkylation sites (N-methyl/N-ethyl adjacent to an activating group) is 1. The van der Waals surface area contributed by atoms with Gasteiger partial charge in [-0.15, -0.1) is 0 Å². The Balaban J connectivity index is 1.69. The smallest absolute Gasteiger partial charge is 0.0303 e. The van der Waals surface area contributed by atoms with Crippen LogP contribution in [-0.4, -0.2) is 42.5 Å². The van der Waals surface area contributed by atoms with E-state index < -0.39 is 0 Å². The molecule has 1 aliphatic carbocycles. The van der Waals surface area contributed by atoms with E-state index in [1.165, 1.54) is 49.5 Å². The maximum absolute atomic E-state index is 2.56. The van der Waals surface area contributed by atoms with Gasteiger partial charge in [-0.2, -0.15) is 0 Å². The number of fused-ring (bicyclic) bond motifs is 1. The molecule has 2 heteroatoms. The molecule has 0 atom stereocenters. The zero-order valence-corrected chi connectivity index (χ0v) is 10.5. The van der Waals surface area contributed by atoms with E-state index in [9.17, 15) is 0 Å². The van der Waals surface area contributed by atoms with Crippen LogP contribution in [0, 0.1) is 0 Å². The van der Waals surface area contributed by atoms with Gasteiger partial charge in [0.1, 0.15) is 0 Å². The highest BCUT2D eigenvalue weighted by Gasteiger charge is 2.21. The van der Waals surface area contributed by atoms with E-state index in [1.807, 2.05) is 0 Å². The molecule has 1 saturated heterocycles. The lowest BCUT2D eigenvalue weighted by atomic mass is 10.1. The summed E-state index contributed by atoms with van der Waals surface area (Å²) in [7, 11) is 0. The third-order valence-electron chi connectivity index (χ3n) is 3.97. The topological polar surface area (TPSA) is 6.48 Å². The first-order valence-electron chi connectivity index (χ1n) is 6.62. The van der Waals surface area contributed by atoms with Crippen LogP contribution in [0.4, 0.5) is 0 Å². The van der Waals surface area contributed by atoms with Gasteiger partial charge in [0.25, 0.3) is 0 Å². The number of allylic oxidation sites excluding steroid dienone is 1. The van der Waals surface area contributed by atoms with Crippen molar-refractivity contribution >= 4 is 6.08 Å². The van der Waals surface area contributed by atoms with Crippen LogP contribution in [0.15, 0.2) is 30.0 Å². The molecule has 1 heterocycles. The fraction of sp³-hybridized carbons (Fsp3) is 0.467. The first-order chi connectivity index (χ1) is 8.36. The standard InChI is InChI=1S/C15H20N2/c1-2-16-7-9-17(10-8-16)15-11-13-5-3-4-6-14(13)12-15/h3-6,11H,2,7-10,12H2,1H3. The van der Waals surface area contributed by atoms with E-state index >= 15 is 0 Å². The average molecular weight is 228 g/mol. The molecule has 3 rings (SSSR count). The van der Waals surface area contributed by atoms with Gasteiger partial charge in [-0.25, -0.2) is 0 Å². The molecule has 1 aliphatic heterocycles. The second-order valence-corrected chi connectivity index (χ2v) is 4.93. The van der Waals surface area contributed by atoms with Crippen LogP contribution in [0.5, 0.6) is 0 Å². The molecule has 0 bridgehead atoms. The number of piperazine rings is 1. The largest absolute Gasteiger partial charge is 0.372 e. The fourth-order valence-electron chi connectivity index (χ4n) is 2.82.